The van der Waals surface area contributed by atoms with E-state index < -0.39 is 0 Å². The highest BCUT2D eigenvalue weighted by atomic mass is 16.2. The molecule has 1 saturated heterocycles. The standard InChI is InChI=1S/C18H23N5O2/c1-21(8-5-15-10-20-22(2)11-15)18(25)16-9-17(24)23(13-16)12-14-3-6-19-7-4-14/h3-4,6-7,10-11,16H,5,8-9,12-13H2,1-2H3/t16-/m1/s1. The highest BCUT2D eigenvalue weighted by Crippen LogP contribution is 2.22. The number of likely N-dealkylation sites (tertiary alicyclic amines) is 1. The van der Waals surface area contributed by atoms with E-state index >= 15 is 0 Å². The molecule has 0 bridgehead atoms. The van der Waals surface area contributed by atoms with E-state index in [4.69, 9.17) is 0 Å². The summed E-state index contributed by atoms with van der Waals surface area (Å²) in [6.45, 7) is 1.64. The molecule has 7 nitrogen and oxygen atoms in total. The van der Waals surface area contributed by atoms with Crippen molar-refractivity contribution in [1.29, 1.82) is 0 Å². The Labute approximate surface area is 147 Å². The van der Waals surface area contributed by atoms with Gasteiger partial charge in [0.15, 0.2) is 0 Å². The predicted octanol–water partition coefficient (Wildman–Crippen LogP) is 0.865. The van der Waals surface area contributed by atoms with Crippen molar-refractivity contribution < 1.29 is 9.59 Å². The van der Waals surface area contributed by atoms with Crippen LogP contribution in [0.15, 0.2) is 36.9 Å². The van der Waals surface area contributed by atoms with Crippen molar-refractivity contribution in [3.63, 3.8) is 0 Å². The molecule has 3 rings (SSSR count). The number of hydrogen-bond acceptors (Lipinski definition) is 4. The van der Waals surface area contributed by atoms with Crippen LogP contribution < -0.4 is 0 Å². The minimum Gasteiger partial charge on any atom is -0.345 e. The van der Waals surface area contributed by atoms with Crippen molar-refractivity contribution >= 4 is 11.8 Å². The summed E-state index contributed by atoms with van der Waals surface area (Å²) in [5.41, 5.74) is 2.13. The molecule has 0 radical (unpaired) electrons. The lowest BCUT2D eigenvalue weighted by molar-refractivity contribution is -0.134. The van der Waals surface area contributed by atoms with Gasteiger partial charge < -0.3 is 9.80 Å². The monoisotopic (exact) mass is 341 g/mol. The number of carbonyl (C=O) groups is 2. The molecule has 2 aromatic rings. The summed E-state index contributed by atoms with van der Waals surface area (Å²) in [6, 6.07) is 3.78. The molecule has 1 aliphatic heterocycles. The molecule has 0 spiro atoms. The van der Waals surface area contributed by atoms with Crippen molar-refractivity contribution in [2.45, 2.75) is 19.4 Å². The first kappa shape index (κ1) is 17.1. The zero-order valence-corrected chi connectivity index (χ0v) is 14.6. The van der Waals surface area contributed by atoms with Crippen LogP contribution in [0.4, 0.5) is 0 Å². The van der Waals surface area contributed by atoms with Gasteiger partial charge in [-0.15, -0.1) is 0 Å². The molecule has 0 aromatic carbocycles. The number of amides is 2. The summed E-state index contributed by atoms with van der Waals surface area (Å²) >= 11 is 0. The third-order valence-electron chi connectivity index (χ3n) is 4.56. The third-order valence-corrected chi connectivity index (χ3v) is 4.56. The van der Waals surface area contributed by atoms with Gasteiger partial charge in [0.2, 0.25) is 11.8 Å². The maximum atomic E-state index is 12.6. The summed E-state index contributed by atoms with van der Waals surface area (Å²) < 4.78 is 1.75. The van der Waals surface area contributed by atoms with Crippen LogP contribution in [-0.4, -0.2) is 56.5 Å². The molecule has 7 heteroatoms. The Bertz CT molecular complexity index is 743. The third kappa shape index (κ3) is 4.23. The van der Waals surface area contributed by atoms with Crippen LogP contribution in [0.5, 0.6) is 0 Å². The Balaban J connectivity index is 1.52. The molecule has 25 heavy (non-hydrogen) atoms. The van der Waals surface area contributed by atoms with Gasteiger partial charge in [0.05, 0.1) is 12.1 Å². The molecule has 0 aliphatic carbocycles. The molecule has 1 fully saturated rings. The molecule has 1 aliphatic rings. The van der Waals surface area contributed by atoms with E-state index in [1.807, 2.05) is 31.6 Å². The average molecular weight is 341 g/mol. The summed E-state index contributed by atoms with van der Waals surface area (Å²) in [5.74, 6) is -0.182. The number of carbonyl (C=O) groups excluding carboxylic acids is 2. The van der Waals surface area contributed by atoms with Gasteiger partial charge in [0.25, 0.3) is 0 Å². The lowest BCUT2D eigenvalue weighted by Crippen LogP contribution is -2.35. The highest BCUT2D eigenvalue weighted by Gasteiger charge is 2.35. The Morgan fingerprint density at radius 3 is 2.76 bits per heavy atom. The lowest BCUT2D eigenvalue weighted by atomic mass is 10.1. The molecule has 0 saturated carbocycles. The number of pyridine rings is 1. The van der Waals surface area contributed by atoms with Gasteiger partial charge in [-0.1, -0.05) is 0 Å². The van der Waals surface area contributed by atoms with Crippen LogP contribution in [0, 0.1) is 5.92 Å². The van der Waals surface area contributed by atoms with Gasteiger partial charge in [-0.2, -0.15) is 5.10 Å². The molecule has 2 aromatic heterocycles. The number of aryl methyl sites for hydroxylation is 1. The zero-order chi connectivity index (χ0) is 17.8. The molecule has 3 heterocycles. The Morgan fingerprint density at radius 1 is 1.32 bits per heavy atom. The van der Waals surface area contributed by atoms with Crippen molar-refractivity contribution in [2.75, 3.05) is 20.1 Å². The molecule has 2 amide bonds. The topological polar surface area (TPSA) is 71.3 Å². The molecule has 0 N–H and O–H groups in total. The van der Waals surface area contributed by atoms with Crippen LogP contribution in [0.25, 0.3) is 0 Å². The molecule has 0 unspecified atom stereocenters. The summed E-state index contributed by atoms with van der Waals surface area (Å²) in [4.78, 5) is 32.3. The second kappa shape index (κ2) is 7.46. The fourth-order valence-electron chi connectivity index (χ4n) is 3.12. The predicted molar refractivity (Wildman–Crippen MR) is 92.3 cm³/mol. The minimum atomic E-state index is -0.256. The van der Waals surface area contributed by atoms with E-state index in [9.17, 15) is 9.59 Å². The van der Waals surface area contributed by atoms with E-state index in [-0.39, 0.29) is 17.7 Å². The van der Waals surface area contributed by atoms with Crippen LogP contribution in [-0.2, 0) is 29.6 Å². The van der Waals surface area contributed by atoms with Crippen LogP contribution in [0.1, 0.15) is 17.5 Å². The molecular weight excluding hydrogens is 318 g/mol. The smallest absolute Gasteiger partial charge is 0.227 e. The number of hydrogen-bond donors (Lipinski definition) is 0. The first-order valence-corrected chi connectivity index (χ1v) is 8.42. The first-order chi connectivity index (χ1) is 12.0. The van der Waals surface area contributed by atoms with Crippen LogP contribution in [0.2, 0.25) is 0 Å². The number of likely N-dealkylation sites (N-methyl/N-ethyl adjacent to an activating group) is 1. The number of rotatable bonds is 6. The largest absolute Gasteiger partial charge is 0.345 e. The van der Waals surface area contributed by atoms with Gasteiger partial charge in [0.1, 0.15) is 0 Å². The second-order valence-electron chi connectivity index (χ2n) is 6.56. The van der Waals surface area contributed by atoms with Gasteiger partial charge >= 0.3 is 0 Å². The zero-order valence-electron chi connectivity index (χ0n) is 14.6. The summed E-state index contributed by atoms with van der Waals surface area (Å²) in [5, 5.41) is 4.13. The summed E-state index contributed by atoms with van der Waals surface area (Å²) in [6.07, 6.45) is 8.25. The maximum absolute atomic E-state index is 12.6. The van der Waals surface area contributed by atoms with Gasteiger partial charge in [0, 0.05) is 58.7 Å². The van der Waals surface area contributed by atoms with Gasteiger partial charge in [-0.05, 0) is 29.7 Å². The number of aromatic nitrogens is 3. The summed E-state index contributed by atoms with van der Waals surface area (Å²) in [7, 11) is 3.68. The Kier molecular flexibility index (Phi) is 5.11. The van der Waals surface area contributed by atoms with Crippen molar-refractivity contribution in [2.24, 2.45) is 13.0 Å². The SMILES string of the molecule is CN(CCc1cnn(C)c1)C(=O)[C@@H]1CC(=O)N(Cc2ccncc2)C1. The van der Waals surface area contributed by atoms with Gasteiger partial charge in [-0.3, -0.25) is 19.3 Å². The maximum Gasteiger partial charge on any atom is 0.227 e. The Hall–Kier alpha value is -2.70. The molecule has 1 atom stereocenters. The quantitative estimate of drug-likeness (QED) is 0.781. The van der Waals surface area contributed by atoms with Crippen molar-refractivity contribution in [3.05, 3.63) is 48.0 Å². The first-order valence-electron chi connectivity index (χ1n) is 8.42. The Morgan fingerprint density at radius 2 is 2.08 bits per heavy atom. The fraction of sp³-hybridized carbons (Fsp3) is 0.444. The van der Waals surface area contributed by atoms with Crippen molar-refractivity contribution in [1.82, 2.24) is 24.6 Å². The average Bonchev–Trinajstić information content (AvgIpc) is 3.19. The molecule has 132 valence electrons. The van der Waals surface area contributed by atoms with E-state index in [0.29, 0.717) is 26.1 Å². The van der Waals surface area contributed by atoms with E-state index in [1.165, 1.54) is 0 Å². The minimum absolute atomic E-state index is 0.0365. The fourth-order valence-corrected chi connectivity index (χ4v) is 3.12. The normalized spacial score (nSPS) is 17.1. The van der Waals surface area contributed by atoms with Crippen LogP contribution in [0.3, 0.4) is 0 Å². The van der Waals surface area contributed by atoms with Crippen LogP contribution >= 0.6 is 0 Å². The van der Waals surface area contributed by atoms with Gasteiger partial charge in [-0.25, -0.2) is 0 Å². The van der Waals surface area contributed by atoms with Crippen molar-refractivity contribution in [3.8, 4) is 0 Å². The second-order valence-corrected chi connectivity index (χ2v) is 6.56. The van der Waals surface area contributed by atoms with E-state index in [1.54, 1.807) is 33.9 Å². The highest BCUT2D eigenvalue weighted by molar-refractivity contribution is 5.89. The number of nitrogens with zero attached hydrogens (tertiary/aromatic N) is 5. The van der Waals surface area contributed by atoms with E-state index in [0.717, 1.165) is 17.5 Å². The van der Waals surface area contributed by atoms with E-state index in [2.05, 4.69) is 10.1 Å². The molecular formula is C18H23N5O2. The lowest BCUT2D eigenvalue weighted by Gasteiger charge is -2.21.